The van der Waals surface area contributed by atoms with E-state index in [1.807, 2.05) is 0 Å². The summed E-state index contributed by atoms with van der Waals surface area (Å²) in [5, 5.41) is 11.7. The molecule has 1 saturated heterocycles. The van der Waals surface area contributed by atoms with Crippen LogP contribution in [-0.2, 0) is 14.3 Å². The van der Waals surface area contributed by atoms with Crippen LogP contribution in [0, 0.1) is 11.8 Å². The van der Waals surface area contributed by atoms with Gasteiger partial charge in [-0.3, -0.25) is 9.59 Å². The van der Waals surface area contributed by atoms with Crippen LogP contribution in [0.15, 0.2) is 0 Å². The molecule has 5 heteroatoms. The molecular formula is C11H19NO4. The molecule has 1 amide bonds. The number of rotatable bonds is 4. The predicted octanol–water partition coefficient (Wildman–Crippen LogP) is 0.638. The Bertz CT molecular complexity index is 259. The Morgan fingerprint density at radius 2 is 1.88 bits per heavy atom. The molecule has 16 heavy (non-hydrogen) atoms. The third-order valence-corrected chi connectivity index (χ3v) is 2.78. The number of carboxylic acids is 1. The van der Waals surface area contributed by atoms with Gasteiger partial charge in [0.05, 0.1) is 0 Å². The Morgan fingerprint density at radius 3 is 2.31 bits per heavy atom. The third kappa shape index (κ3) is 3.48. The molecule has 92 valence electrons. The van der Waals surface area contributed by atoms with Gasteiger partial charge in [-0.2, -0.15) is 0 Å². The Balaban J connectivity index is 2.51. The fourth-order valence-corrected chi connectivity index (χ4v) is 1.83. The number of aliphatic carboxylic acids is 1. The van der Waals surface area contributed by atoms with Crippen molar-refractivity contribution in [1.82, 2.24) is 5.32 Å². The normalized spacial score (nSPS) is 19.4. The molecule has 1 fully saturated rings. The van der Waals surface area contributed by atoms with E-state index in [0.29, 0.717) is 13.2 Å². The van der Waals surface area contributed by atoms with E-state index in [2.05, 4.69) is 5.32 Å². The first-order chi connectivity index (χ1) is 7.52. The first-order valence-corrected chi connectivity index (χ1v) is 5.63. The van der Waals surface area contributed by atoms with Gasteiger partial charge in [-0.25, -0.2) is 0 Å². The first-order valence-electron chi connectivity index (χ1n) is 5.63. The lowest BCUT2D eigenvalue weighted by Gasteiger charge is -2.25. The highest BCUT2D eigenvalue weighted by atomic mass is 16.5. The summed E-state index contributed by atoms with van der Waals surface area (Å²) < 4.78 is 5.17. The largest absolute Gasteiger partial charge is 0.481 e. The number of ether oxygens (including phenoxy) is 1. The van der Waals surface area contributed by atoms with Crippen molar-refractivity contribution < 1.29 is 19.4 Å². The summed E-state index contributed by atoms with van der Waals surface area (Å²) in [4.78, 5) is 22.7. The van der Waals surface area contributed by atoms with Gasteiger partial charge < -0.3 is 15.2 Å². The molecule has 1 aliphatic rings. The van der Waals surface area contributed by atoms with Gasteiger partial charge in [-0.1, -0.05) is 13.8 Å². The molecule has 1 atom stereocenters. The van der Waals surface area contributed by atoms with E-state index in [9.17, 15) is 9.59 Å². The van der Waals surface area contributed by atoms with E-state index in [4.69, 9.17) is 9.84 Å². The van der Waals surface area contributed by atoms with E-state index in [1.54, 1.807) is 13.8 Å². The second-order valence-electron chi connectivity index (χ2n) is 4.46. The highest BCUT2D eigenvalue weighted by molar-refractivity contribution is 5.97. The molecule has 0 bridgehead atoms. The molecule has 1 unspecified atom stereocenters. The Morgan fingerprint density at radius 1 is 1.31 bits per heavy atom. The number of carbonyl (C=O) groups excluding carboxylic acids is 1. The van der Waals surface area contributed by atoms with Crippen molar-refractivity contribution in [1.29, 1.82) is 0 Å². The zero-order chi connectivity index (χ0) is 12.1. The van der Waals surface area contributed by atoms with Crippen molar-refractivity contribution in [2.75, 3.05) is 13.2 Å². The average molecular weight is 229 g/mol. The van der Waals surface area contributed by atoms with Crippen LogP contribution in [0.5, 0.6) is 0 Å². The molecule has 2 N–H and O–H groups in total. The van der Waals surface area contributed by atoms with E-state index in [-0.39, 0.29) is 17.9 Å². The molecule has 0 aromatic rings. The minimum absolute atomic E-state index is 0.0573. The van der Waals surface area contributed by atoms with Gasteiger partial charge in [-0.15, -0.1) is 0 Å². The SMILES string of the molecule is CC(C)C(C(=O)O)C(=O)NC1CCOCC1. The second-order valence-corrected chi connectivity index (χ2v) is 4.46. The molecule has 1 aliphatic heterocycles. The summed E-state index contributed by atoms with van der Waals surface area (Å²) in [5.74, 6) is -2.59. The van der Waals surface area contributed by atoms with Crippen LogP contribution in [0.1, 0.15) is 26.7 Å². The Labute approximate surface area is 95.2 Å². The maximum absolute atomic E-state index is 11.8. The molecule has 1 rings (SSSR count). The third-order valence-electron chi connectivity index (χ3n) is 2.78. The van der Waals surface area contributed by atoms with Crippen LogP contribution in [0.4, 0.5) is 0 Å². The molecule has 0 saturated carbocycles. The number of amides is 1. The molecule has 5 nitrogen and oxygen atoms in total. The van der Waals surface area contributed by atoms with E-state index in [1.165, 1.54) is 0 Å². The number of hydrogen-bond acceptors (Lipinski definition) is 3. The van der Waals surface area contributed by atoms with Crippen LogP contribution in [0.25, 0.3) is 0 Å². The summed E-state index contributed by atoms with van der Waals surface area (Å²) in [5.41, 5.74) is 0. The molecule has 0 spiro atoms. The lowest BCUT2D eigenvalue weighted by Crippen LogP contribution is -2.45. The maximum Gasteiger partial charge on any atom is 0.316 e. The fraction of sp³-hybridized carbons (Fsp3) is 0.818. The van der Waals surface area contributed by atoms with Gasteiger partial charge in [0.15, 0.2) is 0 Å². The van der Waals surface area contributed by atoms with Crippen molar-refractivity contribution >= 4 is 11.9 Å². The maximum atomic E-state index is 11.8. The summed E-state index contributed by atoms with van der Waals surface area (Å²) in [6.45, 7) is 4.74. The van der Waals surface area contributed by atoms with Crippen molar-refractivity contribution in [3.8, 4) is 0 Å². The summed E-state index contributed by atoms with van der Waals surface area (Å²) in [6, 6.07) is 0.0573. The Hall–Kier alpha value is -1.10. The highest BCUT2D eigenvalue weighted by Gasteiger charge is 2.31. The molecule has 0 aliphatic carbocycles. The number of nitrogens with one attached hydrogen (secondary N) is 1. The van der Waals surface area contributed by atoms with Gasteiger partial charge >= 0.3 is 5.97 Å². The number of carbonyl (C=O) groups is 2. The van der Waals surface area contributed by atoms with Gasteiger partial charge in [0.1, 0.15) is 5.92 Å². The van der Waals surface area contributed by atoms with Crippen molar-refractivity contribution in [3.63, 3.8) is 0 Å². The minimum atomic E-state index is -1.06. The first kappa shape index (κ1) is 13.0. The smallest absolute Gasteiger partial charge is 0.316 e. The summed E-state index contributed by atoms with van der Waals surface area (Å²) in [6.07, 6.45) is 1.52. The van der Waals surface area contributed by atoms with Crippen LogP contribution >= 0.6 is 0 Å². The standard InChI is InChI=1S/C11H19NO4/c1-7(2)9(11(14)15)10(13)12-8-3-5-16-6-4-8/h7-9H,3-6H2,1-2H3,(H,12,13)(H,14,15). The quantitative estimate of drug-likeness (QED) is 0.694. The van der Waals surface area contributed by atoms with E-state index in [0.717, 1.165) is 12.8 Å². The van der Waals surface area contributed by atoms with E-state index < -0.39 is 11.9 Å². The fourth-order valence-electron chi connectivity index (χ4n) is 1.83. The Kier molecular flexibility index (Phi) is 4.73. The van der Waals surface area contributed by atoms with Crippen molar-refractivity contribution in [3.05, 3.63) is 0 Å². The summed E-state index contributed by atoms with van der Waals surface area (Å²) in [7, 11) is 0. The molecule has 0 aromatic heterocycles. The van der Waals surface area contributed by atoms with Gasteiger partial charge in [-0.05, 0) is 18.8 Å². The van der Waals surface area contributed by atoms with Gasteiger partial charge in [0.2, 0.25) is 5.91 Å². The van der Waals surface area contributed by atoms with Crippen LogP contribution in [-0.4, -0.2) is 36.2 Å². The lowest BCUT2D eigenvalue weighted by atomic mass is 9.94. The molecule has 0 radical (unpaired) electrons. The second kappa shape index (κ2) is 5.84. The van der Waals surface area contributed by atoms with Gasteiger partial charge in [0.25, 0.3) is 0 Å². The average Bonchev–Trinajstić information content (AvgIpc) is 2.17. The van der Waals surface area contributed by atoms with Crippen LogP contribution in [0.3, 0.4) is 0 Å². The number of carboxylic acid groups (broad SMARTS) is 1. The topological polar surface area (TPSA) is 75.6 Å². The van der Waals surface area contributed by atoms with Crippen LogP contribution in [0.2, 0.25) is 0 Å². The molecule has 1 heterocycles. The van der Waals surface area contributed by atoms with Gasteiger partial charge in [0, 0.05) is 19.3 Å². The number of hydrogen-bond donors (Lipinski definition) is 2. The monoisotopic (exact) mass is 229 g/mol. The van der Waals surface area contributed by atoms with Crippen molar-refractivity contribution in [2.24, 2.45) is 11.8 Å². The lowest BCUT2D eigenvalue weighted by molar-refractivity contribution is -0.149. The molecular weight excluding hydrogens is 210 g/mol. The highest BCUT2D eigenvalue weighted by Crippen LogP contribution is 2.13. The summed E-state index contributed by atoms with van der Waals surface area (Å²) >= 11 is 0. The van der Waals surface area contributed by atoms with Crippen molar-refractivity contribution in [2.45, 2.75) is 32.7 Å². The minimum Gasteiger partial charge on any atom is -0.481 e. The van der Waals surface area contributed by atoms with E-state index >= 15 is 0 Å². The predicted molar refractivity (Wildman–Crippen MR) is 57.9 cm³/mol. The molecule has 0 aromatic carbocycles. The zero-order valence-corrected chi connectivity index (χ0v) is 9.73. The van der Waals surface area contributed by atoms with Crippen LogP contribution < -0.4 is 5.32 Å². The zero-order valence-electron chi connectivity index (χ0n) is 9.73.